The highest BCUT2D eigenvalue weighted by molar-refractivity contribution is 4.86. The number of likely N-dealkylation sites (tertiary alicyclic amines) is 1. The summed E-state index contributed by atoms with van der Waals surface area (Å²) in [6.07, 6.45) is 8.58. The fraction of sp³-hybridized carbons (Fsp3) is 1.00. The lowest BCUT2D eigenvalue weighted by Crippen LogP contribution is -2.51. The molecular formula is C14H28N2. The summed E-state index contributed by atoms with van der Waals surface area (Å²) in [7, 11) is 0. The van der Waals surface area contributed by atoms with Crippen molar-refractivity contribution in [2.75, 3.05) is 19.6 Å². The van der Waals surface area contributed by atoms with Crippen LogP contribution in [0.2, 0.25) is 0 Å². The molecule has 0 aromatic rings. The Balaban J connectivity index is 1.87. The fourth-order valence-corrected chi connectivity index (χ4v) is 3.60. The van der Waals surface area contributed by atoms with E-state index in [2.05, 4.69) is 24.1 Å². The molecule has 94 valence electrons. The zero-order chi connectivity index (χ0) is 11.4. The molecule has 0 radical (unpaired) electrons. The Morgan fingerprint density at radius 3 is 2.69 bits per heavy atom. The van der Waals surface area contributed by atoms with Crippen LogP contribution in [0.5, 0.6) is 0 Å². The minimum Gasteiger partial charge on any atom is -0.313 e. The lowest BCUT2D eigenvalue weighted by molar-refractivity contribution is 0.0775. The maximum absolute atomic E-state index is 3.63. The van der Waals surface area contributed by atoms with Crippen molar-refractivity contribution < 1.29 is 0 Å². The van der Waals surface area contributed by atoms with Crippen LogP contribution in [0.1, 0.15) is 52.4 Å². The number of nitrogens with one attached hydrogen (secondary N) is 1. The number of piperidine rings is 1. The van der Waals surface area contributed by atoms with Gasteiger partial charge in [-0.15, -0.1) is 0 Å². The Labute approximate surface area is 101 Å². The van der Waals surface area contributed by atoms with Crippen LogP contribution in [0.15, 0.2) is 0 Å². The molecule has 2 rings (SSSR count). The van der Waals surface area contributed by atoms with Crippen LogP contribution < -0.4 is 5.32 Å². The second kappa shape index (κ2) is 6.02. The predicted molar refractivity (Wildman–Crippen MR) is 69.7 cm³/mol. The van der Waals surface area contributed by atoms with Crippen molar-refractivity contribution in [2.45, 2.75) is 64.5 Å². The third-order valence-corrected chi connectivity index (χ3v) is 4.48. The molecule has 0 bridgehead atoms. The molecule has 2 heteroatoms. The van der Waals surface area contributed by atoms with Gasteiger partial charge in [-0.1, -0.05) is 26.7 Å². The highest BCUT2D eigenvalue weighted by atomic mass is 15.2. The van der Waals surface area contributed by atoms with Crippen LogP contribution >= 0.6 is 0 Å². The molecule has 0 spiro atoms. The van der Waals surface area contributed by atoms with Gasteiger partial charge < -0.3 is 5.32 Å². The normalized spacial score (nSPS) is 37.5. The van der Waals surface area contributed by atoms with E-state index < -0.39 is 0 Å². The number of likely N-dealkylation sites (N-methyl/N-ethyl adjacent to an activating group) is 1. The summed E-state index contributed by atoms with van der Waals surface area (Å²) in [6, 6.07) is 1.64. The van der Waals surface area contributed by atoms with Crippen LogP contribution in [0, 0.1) is 5.92 Å². The first-order valence-corrected chi connectivity index (χ1v) is 7.28. The van der Waals surface area contributed by atoms with E-state index >= 15 is 0 Å². The Morgan fingerprint density at radius 2 is 1.94 bits per heavy atom. The quantitative estimate of drug-likeness (QED) is 0.793. The average molecular weight is 224 g/mol. The van der Waals surface area contributed by atoms with E-state index in [0.717, 1.165) is 24.5 Å². The molecule has 2 aliphatic rings. The van der Waals surface area contributed by atoms with E-state index in [1.54, 1.807) is 0 Å². The van der Waals surface area contributed by atoms with Crippen LogP contribution in [-0.2, 0) is 0 Å². The largest absolute Gasteiger partial charge is 0.313 e. The number of hydrogen-bond acceptors (Lipinski definition) is 2. The standard InChI is InChI=1S/C14H28N2/c1-3-15-13-8-6-10-16(11-13)14-9-5-4-7-12(14)2/h12-15H,3-11H2,1-2H3. The second-order valence-corrected chi connectivity index (χ2v) is 5.72. The first kappa shape index (κ1) is 12.4. The monoisotopic (exact) mass is 224 g/mol. The van der Waals surface area contributed by atoms with Gasteiger partial charge in [0.25, 0.3) is 0 Å². The van der Waals surface area contributed by atoms with Crippen LogP contribution in [0.4, 0.5) is 0 Å². The van der Waals surface area contributed by atoms with Crippen molar-refractivity contribution in [1.29, 1.82) is 0 Å². The maximum Gasteiger partial charge on any atom is 0.0195 e. The van der Waals surface area contributed by atoms with Gasteiger partial charge in [0.15, 0.2) is 0 Å². The molecule has 2 fully saturated rings. The van der Waals surface area contributed by atoms with Gasteiger partial charge in [-0.05, 0) is 44.7 Å². The van der Waals surface area contributed by atoms with E-state index in [0.29, 0.717) is 0 Å². The van der Waals surface area contributed by atoms with E-state index in [1.807, 2.05) is 0 Å². The van der Waals surface area contributed by atoms with E-state index in [9.17, 15) is 0 Å². The van der Waals surface area contributed by atoms with Crippen molar-refractivity contribution >= 4 is 0 Å². The van der Waals surface area contributed by atoms with Crippen molar-refractivity contribution in [3.05, 3.63) is 0 Å². The van der Waals surface area contributed by atoms with Gasteiger partial charge in [0, 0.05) is 18.6 Å². The van der Waals surface area contributed by atoms with Crippen LogP contribution in [0.25, 0.3) is 0 Å². The summed E-state index contributed by atoms with van der Waals surface area (Å²) in [5, 5.41) is 3.63. The van der Waals surface area contributed by atoms with Crippen molar-refractivity contribution in [1.82, 2.24) is 10.2 Å². The van der Waals surface area contributed by atoms with Gasteiger partial charge in [0.2, 0.25) is 0 Å². The molecule has 1 saturated carbocycles. The predicted octanol–water partition coefficient (Wildman–Crippen LogP) is 2.64. The third-order valence-electron chi connectivity index (χ3n) is 4.48. The Hall–Kier alpha value is -0.0800. The van der Waals surface area contributed by atoms with Crippen molar-refractivity contribution in [3.8, 4) is 0 Å². The summed E-state index contributed by atoms with van der Waals surface area (Å²) in [5.74, 6) is 0.925. The highest BCUT2D eigenvalue weighted by Gasteiger charge is 2.30. The molecule has 1 heterocycles. The van der Waals surface area contributed by atoms with Crippen LogP contribution in [0.3, 0.4) is 0 Å². The van der Waals surface area contributed by atoms with Gasteiger partial charge in [0.05, 0.1) is 0 Å². The van der Waals surface area contributed by atoms with Crippen molar-refractivity contribution in [3.63, 3.8) is 0 Å². The van der Waals surface area contributed by atoms with Gasteiger partial charge in [-0.2, -0.15) is 0 Å². The second-order valence-electron chi connectivity index (χ2n) is 5.72. The molecule has 1 aliphatic heterocycles. The van der Waals surface area contributed by atoms with Crippen molar-refractivity contribution in [2.24, 2.45) is 5.92 Å². The summed E-state index contributed by atoms with van der Waals surface area (Å²) in [4.78, 5) is 2.78. The molecule has 2 nitrogen and oxygen atoms in total. The van der Waals surface area contributed by atoms with Gasteiger partial charge >= 0.3 is 0 Å². The topological polar surface area (TPSA) is 15.3 Å². The summed E-state index contributed by atoms with van der Waals surface area (Å²) in [6.45, 7) is 8.45. The molecule has 16 heavy (non-hydrogen) atoms. The van der Waals surface area contributed by atoms with Crippen LogP contribution in [-0.4, -0.2) is 36.6 Å². The first-order chi connectivity index (χ1) is 7.81. The van der Waals surface area contributed by atoms with E-state index in [-0.39, 0.29) is 0 Å². The smallest absolute Gasteiger partial charge is 0.0195 e. The zero-order valence-electron chi connectivity index (χ0n) is 11.0. The summed E-state index contributed by atoms with van der Waals surface area (Å²) < 4.78 is 0. The SMILES string of the molecule is CCNC1CCCN(C2CCCCC2C)C1. The molecule has 3 atom stereocenters. The van der Waals surface area contributed by atoms with Gasteiger partial charge in [-0.25, -0.2) is 0 Å². The minimum absolute atomic E-state index is 0.757. The Kier molecular flexibility index (Phi) is 4.66. The molecule has 3 unspecified atom stereocenters. The number of nitrogens with zero attached hydrogens (tertiary/aromatic N) is 1. The molecule has 0 aromatic carbocycles. The van der Waals surface area contributed by atoms with E-state index in [1.165, 1.54) is 51.6 Å². The Morgan fingerprint density at radius 1 is 1.12 bits per heavy atom. The third kappa shape index (κ3) is 2.98. The highest BCUT2D eigenvalue weighted by Crippen LogP contribution is 2.29. The molecular weight excluding hydrogens is 196 g/mol. The molecule has 0 aromatic heterocycles. The summed E-state index contributed by atoms with van der Waals surface area (Å²) in [5.41, 5.74) is 0. The maximum atomic E-state index is 3.63. The zero-order valence-corrected chi connectivity index (χ0v) is 11.0. The fourth-order valence-electron chi connectivity index (χ4n) is 3.60. The lowest BCUT2D eigenvalue weighted by atomic mass is 9.84. The van der Waals surface area contributed by atoms with Gasteiger partial charge in [-0.3, -0.25) is 4.90 Å². The first-order valence-electron chi connectivity index (χ1n) is 7.28. The average Bonchev–Trinajstić information content (AvgIpc) is 2.30. The summed E-state index contributed by atoms with van der Waals surface area (Å²) >= 11 is 0. The van der Waals surface area contributed by atoms with Gasteiger partial charge in [0.1, 0.15) is 0 Å². The van der Waals surface area contributed by atoms with E-state index in [4.69, 9.17) is 0 Å². The molecule has 1 N–H and O–H groups in total. The molecule has 1 aliphatic carbocycles. The lowest BCUT2D eigenvalue weighted by Gasteiger charge is -2.43. The molecule has 0 amide bonds. The molecule has 1 saturated heterocycles. The Bertz CT molecular complexity index is 203. The minimum atomic E-state index is 0.757. The number of hydrogen-bond donors (Lipinski definition) is 1. The number of rotatable bonds is 3.